The molecule has 0 spiro atoms. The smallest absolute Gasteiger partial charge is 0.422 e. The van der Waals surface area contributed by atoms with Gasteiger partial charge in [0.2, 0.25) is 0 Å². The van der Waals surface area contributed by atoms with E-state index in [1.165, 1.54) is 51.4 Å². The van der Waals surface area contributed by atoms with Gasteiger partial charge in [0.05, 0.1) is 6.61 Å². The Morgan fingerprint density at radius 2 is 1.62 bits per heavy atom. The molecule has 0 radical (unpaired) electrons. The van der Waals surface area contributed by atoms with E-state index in [1.807, 2.05) is 32.0 Å². The number of halogens is 3. The number of allylic oxidation sites excluding steroid dienone is 4. The molecule has 1 aromatic heterocycles. The number of nitrogens with zero attached hydrogens (tertiary/aromatic N) is 1. The van der Waals surface area contributed by atoms with Crippen molar-refractivity contribution < 1.29 is 27.1 Å². The minimum atomic E-state index is -4.44. The fourth-order valence-electron chi connectivity index (χ4n) is 7.11. The second-order valence-corrected chi connectivity index (χ2v) is 14.0. The molecule has 0 N–H and O–H groups in total. The number of rotatable bonds is 18. The van der Waals surface area contributed by atoms with Crippen molar-refractivity contribution >= 4 is 11.1 Å². The zero-order valence-electron chi connectivity index (χ0n) is 29.4. The third-order valence-electron chi connectivity index (χ3n) is 9.92. The molecule has 2 fully saturated rings. The Morgan fingerprint density at radius 3 is 2.30 bits per heavy atom. The third kappa shape index (κ3) is 12.7. The van der Waals surface area contributed by atoms with Gasteiger partial charge in [-0.1, -0.05) is 70.8 Å². The molecule has 1 aromatic carbocycles. The van der Waals surface area contributed by atoms with Crippen LogP contribution in [0.2, 0.25) is 0 Å². The number of hydrogen-bond donors (Lipinski definition) is 0. The monoisotopic (exact) mass is 657 g/mol. The van der Waals surface area contributed by atoms with Crippen LogP contribution in [-0.2, 0) is 0 Å². The van der Waals surface area contributed by atoms with Gasteiger partial charge in [-0.25, -0.2) is 0 Å². The van der Waals surface area contributed by atoms with Crippen molar-refractivity contribution in [1.82, 2.24) is 4.90 Å². The molecule has 4 rings (SSSR count). The number of unbranched alkanes of at least 4 members (excludes halogenated alkanes) is 3. The minimum Gasteiger partial charge on any atom is -0.490 e. The number of aryl methyl sites for hydroxylation is 2. The summed E-state index contributed by atoms with van der Waals surface area (Å²) in [5, 5.41) is 0. The Balaban J connectivity index is 1.57. The fraction of sp³-hybridized carbons (Fsp3) is 0.650. The molecule has 1 saturated carbocycles. The summed E-state index contributed by atoms with van der Waals surface area (Å²) < 4.78 is 57.8. The van der Waals surface area contributed by atoms with E-state index in [0.29, 0.717) is 18.3 Å². The lowest BCUT2D eigenvalue weighted by molar-refractivity contribution is -0.153. The third-order valence-corrected chi connectivity index (χ3v) is 9.92. The predicted molar refractivity (Wildman–Crippen MR) is 187 cm³/mol. The van der Waals surface area contributed by atoms with E-state index in [2.05, 4.69) is 31.0 Å². The molecule has 0 amide bonds. The number of alkyl halides is 3. The van der Waals surface area contributed by atoms with Crippen LogP contribution in [-0.4, -0.2) is 44.4 Å². The van der Waals surface area contributed by atoms with Crippen molar-refractivity contribution in [2.45, 2.75) is 123 Å². The van der Waals surface area contributed by atoms with Crippen LogP contribution < -0.4 is 9.47 Å². The molecular weight excluding hydrogens is 599 g/mol. The SMILES string of the molecule is CCC/C=C(/C=C(/CCCC1CCN(C)CC1)c1cc(OCC(F)(F)F)c(OCCCCCC2CCCC2)cc1C)c1ccc(C)o1. The van der Waals surface area contributed by atoms with E-state index < -0.39 is 12.8 Å². The molecule has 0 bridgehead atoms. The predicted octanol–water partition coefficient (Wildman–Crippen LogP) is 11.7. The summed E-state index contributed by atoms with van der Waals surface area (Å²) in [5.74, 6) is 3.77. The average Bonchev–Trinajstić information content (AvgIpc) is 3.72. The first-order valence-electron chi connectivity index (χ1n) is 18.2. The van der Waals surface area contributed by atoms with Gasteiger partial charge in [0.1, 0.15) is 11.5 Å². The van der Waals surface area contributed by atoms with Crippen molar-refractivity contribution in [2.75, 3.05) is 33.4 Å². The molecule has 2 aromatic rings. The Bertz CT molecular complexity index is 1280. The molecule has 4 nitrogen and oxygen atoms in total. The number of piperidine rings is 1. The largest absolute Gasteiger partial charge is 0.490 e. The van der Waals surface area contributed by atoms with Crippen LogP contribution in [0.5, 0.6) is 11.5 Å². The second-order valence-electron chi connectivity index (χ2n) is 14.0. The Labute approximate surface area is 281 Å². The maximum atomic E-state index is 13.4. The topological polar surface area (TPSA) is 34.8 Å². The summed E-state index contributed by atoms with van der Waals surface area (Å²) in [7, 11) is 2.18. The minimum absolute atomic E-state index is 0.156. The summed E-state index contributed by atoms with van der Waals surface area (Å²) in [5.41, 5.74) is 3.96. The molecule has 1 saturated heterocycles. The molecular formula is C40H58F3NO3. The zero-order valence-corrected chi connectivity index (χ0v) is 29.4. The van der Waals surface area contributed by atoms with Crippen molar-refractivity contribution in [3.63, 3.8) is 0 Å². The first-order valence-corrected chi connectivity index (χ1v) is 18.2. The standard InChI is InChI=1S/C40H58F3NO3/c1-5-6-17-35(37-20-19-31(3)47-37)27-34(18-12-16-33-21-23-44(4)24-22-33)36-28-39(46-29-40(41,42)43)38(26-30(36)2)45-25-11-7-8-13-32-14-9-10-15-32/h17,19-20,26-28,32-33H,5-16,18,21-25,29H2,1-4H3/b34-27-,35-17-. The highest BCUT2D eigenvalue weighted by molar-refractivity contribution is 5.84. The first-order chi connectivity index (χ1) is 22.6. The van der Waals surface area contributed by atoms with Crippen LogP contribution in [0.3, 0.4) is 0 Å². The number of likely N-dealkylation sites (tertiary alicyclic amines) is 1. The van der Waals surface area contributed by atoms with Crippen LogP contribution in [0.4, 0.5) is 13.2 Å². The van der Waals surface area contributed by atoms with Gasteiger partial charge in [-0.2, -0.15) is 13.2 Å². The van der Waals surface area contributed by atoms with Gasteiger partial charge in [-0.15, -0.1) is 0 Å². The number of hydrogen-bond acceptors (Lipinski definition) is 4. The summed E-state index contributed by atoms with van der Waals surface area (Å²) in [6.45, 7) is 7.50. The van der Waals surface area contributed by atoms with E-state index in [9.17, 15) is 13.2 Å². The summed E-state index contributed by atoms with van der Waals surface area (Å²) in [6.07, 6.45) is 17.1. The van der Waals surface area contributed by atoms with Gasteiger partial charge in [-0.3, -0.25) is 0 Å². The van der Waals surface area contributed by atoms with Crippen molar-refractivity contribution in [3.8, 4) is 11.5 Å². The van der Waals surface area contributed by atoms with Crippen LogP contribution in [0.1, 0.15) is 126 Å². The van der Waals surface area contributed by atoms with E-state index in [0.717, 1.165) is 97.7 Å². The Hall–Kier alpha value is -2.67. The van der Waals surface area contributed by atoms with Crippen LogP contribution in [0.15, 0.2) is 40.8 Å². The van der Waals surface area contributed by atoms with Crippen LogP contribution in [0.25, 0.3) is 11.1 Å². The summed E-state index contributed by atoms with van der Waals surface area (Å²) in [4.78, 5) is 2.39. The molecule has 2 aliphatic rings. The Morgan fingerprint density at radius 1 is 0.915 bits per heavy atom. The molecule has 262 valence electrons. The highest BCUT2D eigenvalue weighted by atomic mass is 19.4. The van der Waals surface area contributed by atoms with Gasteiger partial charge >= 0.3 is 6.18 Å². The Kier molecular flexibility index (Phi) is 14.8. The van der Waals surface area contributed by atoms with E-state index in [4.69, 9.17) is 13.9 Å². The first kappa shape index (κ1) is 37.2. The highest BCUT2D eigenvalue weighted by Crippen LogP contribution is 2.38. The normalized spacial score (nSPS) is 17.5. The lowest BCUT2D eigenvalue weighted by Gasteiger charge is -2.29. The van der Waals surface area contributed by atoms with Gasteiger partial charge in [0, 0.05) is 5.57 Å². The van der Waals surface area contributed by atoms with Gasteiger partial charge < -0.3 is 18.8 Å². The van der Waals surface area contributed by atoms with Crippen LogP contribution >= 0.6 is 0 Å². The molecule has 1 aliphatic carbocycles. The average molecular weight is 658 g/mol. The molecule has 0 atom stereocenters. The second kappa shape index (κ2) is 18.8. The number of ether oxygens (including phenoxy) is 2. The molecule has 7 heteroatoms. The molecule has 47 heavy (non-hydrogen) atoms. The summed E-state index contributed by atoms with van der Waals surface area (Å²) >= 11 is 0. The number of benzene rings is 1. The quantitative estimate of drug-likeness (QED) is 0.118. The van der Waals surface area contributed by atoms with Crippen molar-refractivity contribution in [3.05, 3.63) is 59.1 Å². The van der Waals surface area contributed by atoms with Crippen molar-refractivity contribution in [1.29, 1.82) is 0 Å². The van der Waals surface area contributed by atoms with Gasteiger partial charge in [0.25, 0.3) is 0 Å². The molecule has 0 unspecified atom stereocenters. The van der Waals surface area contributed by atoms with Gasteiger partial charge in [-0.05, 0) is 131 Å². The molecule has 2 heterocycles. The lowest BCUT2D eigenvalue weighted by atomic mass is 9.88. The van der Waals surface area contributed by atoms with E-state index in [-0.39, 0.29) is 5.75 Å². The maximum Gasteiger partial charge on any atom is 0.422 e. The van der Waals surface area contributed by atoms with Gasteiger partial charge in [0.15, 0.2) is 18.1 Å². The van der Waals surface area contributed by atoms with E-state index in [1.54, 1.807) is 6.07 Å². The van der Waals surface area contributed by atoms with Crippen molar-refractivity contribution in [2.24, 2.45) is 11.8 Å². The van der Waals surface area contributed by atoms with E-state index >= 15 is 0 Å². The highest BCUT2D eigenvalue weighted by Gasteiger charge is 2.29. The lowest BCUT2D eigenvalue weighted by Crippen LogP contribution is -2.30. The molecule has 1 aliphatic heterocycles. The number of furan rings is 1. The summed E-state index contributed by atoms with van der Waals surface area (Å²) in [6, 6.07) is 7.62. The van der Waals surface area contributed by atoms with Crippen LogP contribution in [0, 0.1) is 25.7 Å². The fourth-order valence-corrected chi connectivity index (χ4v) is 7.11. The maximum absolute atomic E-state index is 13.4. The zero-order chi connectivity index (χ0) is 33.6.